The van der Waals surface area contributed by atoms with Crippen molar-refractivity contribution in [2.45, 2.75) is 13.8 Å². The third kappa shape index (κ3) is 16.6. The average Bonchev–Trinajstić information content (AvgIpc) is 1.63. The van der Waals surface area contributed by atoms with E-state index in [1.54, 1.807) is 18.2 Å². The van der Waals surface area contributed by atoms with E-state index in [-0.39, 0.29) is 39.8 Å². The van der Waals surface area contributed by atoms with Gasteiger partial charge in [-0.1, -0.05) is 108 Å². The molecule has 2 amide bonds. The van der Waals surface area contributed by atoms with E-state index < -0.39 is 33.4 Å². The van der Waals surface area contributed by atoms with Crippen LogP contribution in [-0.2, 0) is 0 Å². The number of amides is 2. The number of nitrogen functional groups attached to an aromatic ring is 5. The molecule has 13 rings (SSSR count). The maximum Gasteiger partial charge on any atom is 0.283 e. The smallest absolute Gasteiger partial charge is 0.283 e. The topological polar surface area (TPSA) is 406 Å². The van der Waals surface area contributed by atoms with E-state index in [0.717, 1.165) is 92.7 Å². The van der Waals surface area contributed by atoms with Crippen LogP contribution in [0.1, 0.15) is 53.1 Å². The molecule has 25 nitrogen and oxygen atoms in total. The van der Waals surface area contributed by atoms with Crippen molar-refractivity contribution in [1.29, 1.82) is 0 Å². The average molecular weight is 1630 g/mol. The summed E-state index contributed by atoms with van der Waals surface area (Å²) in [5.41, 5.74) is 34.6. The minimum Gasteiger partial charge on any atom is -0.398 e. The number of aryl methyl sites for hydroxylation is 2. The molecule has 7 aromatic heterocycles. The lowest BCUT2D eigenvalue weighted by atomic mass is 10.2. The number of imidazole rings is 6. The first-order chi connectivity index (χ1) is 42.2. The van der Waals surface area contributed by atoms with Gasteiger partial charge in [0.25, 0.3) is 33.4 Å². The Bertz CT molecular complexity index is 4740. The number of fused-ring (bicyclic) bond motifs is 5. The summed E-state index contributed by atoms with van der Waals surface area (Å²) in [6.07, 6.45) is 3.25. The van der Waals surface area contributed by atoms with Crippen LogP contribution in [0.15, 0.2) is 165 Å². The molecule has 89 heavy (non-hydrogen) atoms. The Balaban J connectivity index is 0.000000148. The molecule has 7 heterocycles. The molecule has 0 saturated heterocycles. The second kappa shape index (κ2) is 29.2. The van der Waals surface area contributed by atoms with Gasteiger partial charge in [-0.3, -0.25) is 42.9 Å². The fraction of sp³-hybridized carbons (Fsp3) is 0.0357. The zero-order chi connectivity index (χ0) is 64.5. The van der Waals surface area contributed by atoms with Crippen molar-refractivity contribution in [2.75, 3.05) is 39.3 Å². The van der Waals surface area contributed by atoms with Crippen molar-refractivity contribution in [1.82, 2.24) is 58.6 Å². The predicted octanol–water partition coefficient (Wildman–Crippen LogP) is 12.3. The van der Waals surface area contributed by atoms with E-state index in [0.29, 0.717) is 34.5 Å². The van der Waals surface area contributed by atoms with Crippen LogP contribution < -0.4 is 50.4 Å². The van der Waals surface area contributed by atoms with Crippen LogP contribution in [0.4, 0.5) is 40.6 Å². The number of aromatic nitrogens is 12. The second-order valence-electron chi connectivity index (χ2n) is 18.4. The van der Waals surface area contributed by atoms with Crippen molar-refractivity contribution in [3.05, 3.63) is 210 Å². The van der Waals surface area contributed by atoms with E-state index in [1.165, 1.54) is 6.33 Å². The molecule has 0 bridgehead atoms. The largest absolute Gasteiger partial charge is 0.398 e. The third-order valence-electron chi connectivity index (χ3n) is 12.2. The number of H-pyrrole nitrogens is 4. The number of nitrogens with one attached hydrogen (secondary N) is 6. The van der Waals surface area contributed by atoms with Crippen molar-refractivity contribution in [3.63, 3.8) is 0 Å². The molecule has 33 heteroatoms. The number of aromatic amines is 4. The number of halogens is 8. The van der Waals surface area contributed by atoms with Gasteiger partial charge < -0.3 is 53.9 Å². The molecule has 454 valence electrons. The number of nitrogens with zero attached hydrogens (tertiary/aromatic N) is 8. The molecule has 0 aliphatic rings. The zero-order valence-corrected chi connectivity index (χ0v) is 56.6. The number of carbonyl (C=O) groups excluding carboxylic acids is 4. The van der Waals surface area contributed by atoms with Crippen LogP contribution in [0.3, 0.4) is 0 Å². The summed E-state index contributed by atoms with van der Waals surface area (Å²) in [6.45, 7) is 3.86. The Hall–Kier alpha value is -8.56. The van der Waals surface area contributed by atoms with E-state index in [2.05, 4.69) is 156 Å². The van der Waals surface area contributed by atoms with Crippen LogP contribution in [0, 0.1) is 13.8 Å². The van der Waals surface area contributed by atoms with E-state index in [9.17, 15) is 28.8 Å². The summed E-state index contributed by atoms with van der Waals surface area (Å²) in [5.74, 6) is 0.158. The number of carbonyl (C=O) groups is 4. The molecular weight excluding hydrogens is 1590 g/mol. The van der Waals surface area contributed by atoms with Gasteiger partial charge in [-0.25, -0.2) is 29.9 Å². The highest BCUT2D eigenvalue weighted by molar-refractivity contribution is 9.11. The van der Waals surface area contributed by atoms with Gasteiger partial charge in [0.15, 0.2) is 29.0 Å². The lowest BCUT2D eigenvalue weighted by Gasteiger charge is -2.08. The molecule has 0 spiro atoms. The SMILES string of the molecule is Cc1ccc(Br)cc1N.Cc1ccc(Br)cc1NC(=O)c1nc[nH]c1C(=O)Nc1nc2ccc(Br)cc2[nH]1.Nc1ccc(Br)cc1N.Nc1nc2ccc(Br)cc2[nH]1.Nc1nc2ccc(Br)cc2[nH]1.O=C(Cl)c1ncn2c(=O)c3c(C(=O)Cl)ncn3c(=O)c12. The summed E-state index contributed by atoms with van der Waals surface area (Å²) >= 11 is 30.6. The van der Waals surface area contributed by atoms with Gasteiger partial charge in [0.05, 0.1) is 50.8 Å². The first kappa shape index (κ1) is 66.4. The number of nitrogens with two attached hydrogens (primary N) is 5. The van der Waals surface area contributed by atoms with Gasteiger partial charge >= 0.3 is 0 Å². The number of benzene rings is 6. The minimum atomic E-state index is -0.975. The van der Waals surface area contributed by atoms with Crippen LogP contribution in [0.5, 0.6) is 0 Å². The molecule has 6 aromatic carbocycles. The van der Waals surface area contributed by atoms with Crippen LogP contribution in [0.2, 0.25) is 0 Å². The van der Waals surface area contributed by atoms with Crippen LogP contribution in [-0.4, -0.2) is 80.9 Å². The van der Waals surface area contributed by atoms with Crippen LogP contribution in [0.25, 0.3) is 44.1 Å². The van der Waals surface area contributed by atoms with Gasteiger partial charge in [0.1, 0.15) is 29.4 Å². The van der Waals surface area contributed by atoms with Gasteiger partial charge in [0.2, 0.25) is 5.95 Å². The lowest BCUT2D eigenvalue weighted by molar-refractivity contribution is 0.0985. The number of hydrogen-bond acceptors (Lipinski definition) is 17. The third-order valence-corrected chi connectivity index (χ3v) is 15.5. The molecule has 0 aliphatic carbocycles. The number of rotatable bonds is 6. The Morgan fingerprint density at radius 1 is 0.472 bits per heavy atom. The predicted molar refractivity (Wildman–Crippen MR) is 368 cm³/mol. The molecule has 0 aliphatic heterocycles. The fourth-order valence-corrected chi connectivity index (χ4v) is 10.3. The van der Waals surface area contributed by atoms with E-state index >= 15 is 0 Å². The Morgan fingerprint density at radius 2 is 0.899 bits per heavy atom. The highest BCUT2D eigenvalue weighted by Gasteiger charge is 2.24. The molecule has 0 unspecified atom stereocenters. The van der Waals surface area contributed by atoms with E-state index in [4.69, 9.17) is 51.9 Å². The summed E-state index contributed by atoms with van der Waals surface area (Å²) < 4.78 is 7.41. The first-order valence-corrected chi connectivity index (χ1v) is 30.6. The van der Waals surface area contributed by atoms with Crippen molar-refractivity contribution in [3.8, 4) is 0 Å². The van der Waals surface area contributed by atoms with Gasteiger partial charge in [0, 0.05) is 38.2 Å². The van der Waals surface area contributed by atoms with Gasteiger partial charge in [-0.15, -0.1) is 0 Å². The highest BCUT2D eigenvalue weighted by Crippen LogP contribution is 2.25. The van der Waals surface area contributed by atoms with Crippen molar-refractivity contribution >= 4 is 226 Å². The second-order valence-corrected chi connectivity index (χ2v) is 24.5. The maximum atomic E-state index is 12.7. The number of hydrogen-bond donors (Lipinski definition) is 11. The minimum absolute atomic E-state index is 0.0132. The fourth-order valence-electron chi connectivity index (χ4n) is 7.85. The van der Waals surface area contributed by atoms with Crippen LogP contribution >= 0.6 is 119 Å². The summed E-state index contributed by atoms with van der Waals surface area (Å²) in [6, 6.07) is 33.9. The molecule has 16 N–H and O–H groups in total. The Labute approximate surface area is 561 Å². The molecule has 0 saturated carbocycles. The molecular formula is C56H43Br6Cl2N19O6. The summed E-state index contributed by atoms with van der Waals surface area (Å²) in [4.78, 5) is 107. The van der Waals surface area contributed by atoms with Crippen molar-refractivity contribution in [2.24, 2.45) is 0 Å². The highest BCUT2D eigenvalue weighted by atomic mass is 79.9. The van der Waals surface area contributed by atoms with Gasteiger partial charge in [-0.05, 0) is 145 Å². The van der Waals surface area contributed by atoms with E-state index in [1.807, 2.05) is 105 Å². The molecule has 13 aromatic rings. The van der Waals surface area contributed by atoms with Crippen molar-refractivity contribution < 1.29 is 19.2 Å². The standard InChI is InChI=1S/C19H14Br2N6O2.C10H2Cl2N4O4.2C7H6BrN3.C7H8BrN.C6H7BrN2/c1-9-2-3-10(20)6-13(9)24-17(28)15-16(23-8-22-15)18(29)27-19-25-12-5-4-11(21)7-14(12)26-19;11-7(17)3-5-10(20)16-2-14-4(8(12)18)6(16)9(19)15(5)1-13-3;2*8-4-1-2-5-6(3-4)11-7(9)10-5;1-5-2-3-6(8)4-7(5)9;7-4-1-2-5(8)6(9)3-4/h2-8H,1H3,(H,22,23)(H,24,28)(H2,25,26,27,29);1-2H;2*1-3H,(H3,9,10,11);2-4H,9H2,1H3;1-3H,8-9H2. The summed E-state index contributed by atoms with van der Waals surface area (Å²) in [5, 5.41) is 3.48. The Morgan fingerprint density at radius 3 is 1.36 bits per heavy atom. The summed E-state index contributed by atoms with van der Waals surface area (Å²) in [7, 11) is 0. The molecule has 0 atom stereocenters. The quantitative estimate of drug-likeness (QED) is 0.0544. The Kier molecular flexibility index (Phi) is 21.8. The molecule has 0 fully saturated rings. The zero-order valence-electron chi connectivity index (χ0n) is 45.6. The maximum absolute atomic E-state index is 12.7. The molecule has 0 radical (unpaired) electrons. The first-order valence-electron chi connectivity index (χ1n) is 25.1. The lowest BCUT2D eigenvalue weighted by Crippen LogP contribution is -2.26. The normalized spacial score (nSPS) is 10.6. The van der Waals surface area contributed by atoms with Gasteiger partial charge in [-0.2, -0.15) is 0 Å². The monoisotopic (exact) mass is 1620 g/mol. The number of anilines is 7.